The lowest BCUT2D eigenvalue weighted by molar-refractivity contribution is 0.0949. The van der Waals surface area contributed by atoms with Crippen LogP contribution in [0.15, 0.2) is 6.20 Å². The van der Waals surface area contributed by atoms with Crippen molar-refractivity contribution in [3.8, 4) is 0 Å². The SMILES string of the molecule is Cc1nn(C)c(C)c1C(=O)NCc1cnn(C)c1N. The third kappa shape index (κ3) is 2.31. The van der Waals surface area contributed by atoms with Crippen LogP contribution in [-0.2, 0) is 20.6 Å². The zero-order valence-corrected chi connectivity index (χ0v) is 11.6. The highest BCUT2D eigenvalue weighted by molar-refractivity contribution is 5.96. The number of anilines is 1. The number of amides is 1. The second kappa shape index (κ2) is 4.75. The molecule has 0 aliphatic rings. The Hall–Kier alpha value is -2.31. The summed E-state index contributed by atoms with van der Waals surface area (Å²) in [7, 11) is 3.58. The molecule has 2 rings (SSSR count). The van der Waals surface area contributed by atoms with Crippen molar-refractivity contribution in [1.82, 2.24) is 24.9 Å². The van der Waals surface area contributed by atoms with E-state index in [1.165, 1.54) is 0 Å². The van der Waals surface area contributed by atoms with Gasteiger partial charge in [-0.2, -0.15) is 10.2 Å². The fourth-order valence-electron chi connectivity index (χ4n) is 1.99. The highest BCUT2D eigenvalue weighted by atomic mass is 16.1. The summed E-state index contributed by atoms with van der Waals surface area (Å²) in [6.07, 6.45) is 1.65. The maximum atomic E-state index is 12.2. The zero-order chi connectivity index (χ0) is 14.2. The molecular formula is C12H18N6O. The number of carbonyl (C=O) groups excluding carboxylic acids is 1. The van der Waals surface area contributed by atoms with Gasteiger partial charge in [0.25, 0.3) is 5.91 Å². The van der Waals surface area contributed by atoms with E-state index in [1.807, 2.05) is 20.9 Å². The van der Waals surface area contributed by atoms with E-state index in [0.717, 1.165) is 17.0 Å². The van der Waals surface area contributed by atoms with E-state index in [9.17, 15) is 4.79 Å². The average Bonchev–Trinajstić information content (AvgIpc) is 2.79. The molecule has 1 amide bonds. The number of nitrogens with zero attached hydrogens (tertiary/aromatic N) is 4. The van der Waals surface area contributed by atoms with Gasteiger partial charge in [0, 0.05) is 31.9 Å². The van der Waals surface area contributed by atoms with Gasteiger partial charge in [0.05, 0.1) is 17.5 Å². The smallest absolute Gasteiger partial charge is 0.255 e. The highest BCUT2D eigenvalue weighted by Crippen LogP contribution is 2.13. The topological polar surface area (TPSA) is 90.8 Å². The van der Waals surface area contributed by atoms with Gasteiger partial charge in [0.2, 0.25) is 0 Å². The van der Waals surface area contributed by atoms with Crippen LogP contribution in [0.25, 0.3) is 0 Å². The number of aryl methyl sites for hydroxylation is 3. The molecule has 0 saturated carbocycles. The van der Waals surface area contributed by atoms with Crippen molar-refractivity contribution in [3.05, 3.63) is 28.7 Å². The van der Waals surface area contributed by atoms with Gasteiger partial charge in [-0.05, 0) is 13.8 Å². The average molecular weight is 262 g/mol. The predicted octanol–water partition coefficient (Wildman–Crippen LogP) is 0.283. The lowest BCUT2D eigenvalue weighted by Crippen LogP contribution is -2.24. The van der Waals surface area contributed by atoms with Gasteiger partial charge in [-0.3, -0.25) is 14.2 Å². The first kappa shape index (κ1) is 13.1. The van der Waals surface area contributed by atoms with Crippen LogP contribution in [0.1, 0.15) is 27.3 Å². The molecule has 7 nitrogen and oxygen atoms in total. The number of rotatable bonds is 3. The molecule has 0 radical (unpaired) electrons. The maximum absolute atomic E-state index is 12.2. The quantitative estimate of drug-likeness (QED) is 0.831. The summed E-state index contributed by atoms with van der Waals surface area (Å²) < 4.78 is 3.27. The van der Waals surface area contributed by atoms with Crippen LogP contribution in [0.4, 0.5) is 5.82 Å². The third-order valence-corrected chi connectivity index (χ3v) is 3.24. The maximum Gasteiger partial charge on any atom is 0.255 e. The molecular weight excluding hydrogens is 244 g/mol. The van der Waals surface area contributed by atoms with Gasteiger partial charge in [0.15, 0.2) is 0 Å². The van der Waals surface area contributed by atoms with Gasteiger partial charge in [-0.15, -0.1) is 0 Å². The van der Waals surface area contributed by atoms with Crippen LogP contribution >= 0.6 is 0 Å². The number of carbonyl (C=O) groups is 1. The van der Waals surface area contributed by atoms with Crippen LogP contribution in [0.3, 0.4) is 0 Å². The van der Waals surface area contributed by atoms with Crippen molar-refractivity contribution in [1.29, 1.82) is 0 Å². The van der Waals surface area contributed by atoms with Crippen molar-refractivity contribution in [2.24, 2.45) is 14.1 Å². The highest BCUT2D eigenvalue weighted by Gasteiger charge is 2.17. The molecule has 0 saturated heterocycles. The first-order chi connectivity index (χ1) is 8.91. The Balaban J connectivity index is 2.12. The van der Waals surface area contributed by atoms with E-state index in [1.54, 1.807) is 22.6 Å². The van der Waals surface area contributed by atoms with Crippen LogP contribution in [0.5, 0.6) is 0 Å². The summed E-state index contributed by atoms with van der Waals surface area (Å²) in [5.41, 5.74) is 8.80. The van der Waals surface area contributed by atoms with Gasteiger partial charge < -0.3 is 11.1 Å². The van der Waals surface area contributed by atoms with E-state index < -0.39 is 0 Å². The first-order valence-electron chi connectivity index (χ1n) is 5.96. The largest absolute Gasteiger partial charge is 0.384 e. The minimum Gasteiger partial charge on any atom is -0.384 e. The molecule has 2 aromatic heterocycles. The normalized spacial score (nSPS) is 10.7. The van der Waals surface area contributed by atoms with E-state index in [2.05, 4.69) is 15.5 Å². The molecule has 19 heavy (non-hydrogen) atoms. The number of hydrogen-bond donors (Lipinski definition) is 2. The van der Waals surface area contributed by atoms with Crippen molar-refractivity contribution >= 4 is 11.7 Å². The molecule has 0 unspecified atom stereocenters. The Morgan fingerprint density at radius 2 is 2.05 bits per heavy atom. The Morgan fingerprint density at radius 1 is 1.37 bits per heavy atom. The van der Waals surface area contributed by atoms with Gasteiger partial charge in [0.1, 0.15) is 5.82 Å². The summed E-state index contributed by atoms with van der Waals surface area (Å²) in [5, 5.41) is 11.1. The second-order valence-electron chi connectivity index (χ2n) is 4.53. The van der Waals surface area contributed by atoms with Gasteiger partial charge in [-0.1, -0.05) is 0 Å². The molecule has 0 aliphatic heterocycles. The predicted molar refractivity (Wildman–Crippen MR) is 71.5 cm³/mol. The van der Waals surface area contributed by atoms with Crippen LogP contribution in [-0.4, -0.2) is 25.5 Å². The fraction of sp³-hybridized carbons (Fsp3) is 0.417. The number of nitrogens with two attached hydrogens (primary N) is 1. The molecule has 0 fully saturated rings. The fourth-order valence-corrected chi connectivity index (χ4v) is 1.99. The Kier molecular flexibility index (Phi) is 3.28. The van der Waals surface area contributed by atoms with Crippen molar-refractivity contribution < 1.29 is 4.79 Å². The van der Waals surface area contributed by atoms with Gasteiger partial charge >= 0.3 is 0 Å². The van der Waals surface area contributed by atoms with Crippen molar-refractivity contribution in [2.75, 3.05) is 5.73 Å². The monoisotopic (exact) mass is 262 g/mol. The molecule has 2 heterocycles. The summed E-state index contributed by atoms with van der Waals surface area (Å²) in [5.74, 6) is 0.409. The Bertz CT molecular complexity index is 624. The molecule has 3 N–H and O–H groups in total. The van der Waals surface area contributed by atoms with E-state index >= 15 is 0 Å². The summed E-state index contributed by atoms with van der Waals surface area (Å²) in [6, 6.07) is 0. The van der Waals surface area contributed by atoms with Crippen molar-refractivity contribution in [2.45, 2.75) is 20.4 Å². The number of hydrogen-bond acceptors (Lipinski definition) is 4. The summed E-state index contributed by atoms with van der Waals surface area (Å²) in [6.45, 7) is 4.04. The minimum absolute atomic E-state index is 0.147. The third-order valence-electron chi connectivity index (χ3n) is 3.24. The molecule has 0 aromatic carbocycles. The number of aromatic nitrogens is 4. The van der Waals surface area contributed by atoms with Crippen LogP contribution in [0.2, 0.25) is 0 Å². The van der Waals surface area contributed by atoms with E-state index in [0.29, 0.717) is 17.9 Å². The molecule has 7 heteroatoms. The standard InChI is InChI=1S/C12H18N6O/c1-7-10(8(2)17(3)16-7)12(19)14-5-9-6-15-18(4)11(9)13/h6H,5,13H2,1-4H3,(H,14,19). The molecule has 102 valence electrons. The lowest BCUT2D eigenvalue weighted by Gasteiger charge is -2.05. The zero-order valence-electron chi connectivity index (χ0n) is 11.6. The molecule has 0 aliphatic carbocycles. The first-order valence-corrected chi connectivity index (χ1v) is 5.96. The lowest BCUT2D eigenvalue weighted by atomic mass is 10.2. The van der Waals surface area contributed by atoms with Crippen molar-refractivity contribution in [3.63, 3.8) is 0 Å². The van der Waals surface area contributed by atoms with Crippen LogP contribution < -0.4 is 11.1 Å². The van der Waals surface area contributed by atoms with Crippen LogP contribution in [0, 0.1) is 13.8 Å². The van der Waals surface area contributed by atoms with Gasteiger partial charge in [-0.25, -0.2) is 0 Å². The molecule has 0 atom stereocenters. The molecule has 2 aromatic rings. The Morgan fingerprint density at radius 3 is 2.53 bits per heavy atom. The summed E-state index contributed by atoms with van der Waals surface area (Å²) >= 11 is 0. The molecule has 0 spiro atoms. The van der Waals surface area contributed by atoms with E-state index in [4.69, 9.17) is 5.73 Å². The summed E-state index contributed by atoms with van der Waals surface area (Å²) in [4.78, 5) is 12.2. The number of nitrogens with one attached hydrogen (secondary N) is 1. The number of nitrogen functional groups attached to an aromatic ring is 1. The minimum atomic E-state index is -0.147. The second-order valence-corrected chi connectivity index (χ2v) is 4.53. The Labute approximate surface area is 111 Å². The van der Waals surface area contributed by atoms with E-state index in [-0.39, 0.29) is 5.91 Å². The molecule has 0 bridgehead atoms.